The highest BCUT2D eigenvalue weighted by Gasteiger charge is 2.32. The number of nitrogens with zero attached hydrogens (tertiary/aromatic N) is 1. The van der Waals surface area contributed by atoms with E-state index in [1.54, 1.807) is 26.2 Å². The number of carbonyl (C=O) groups is 4. The Morgan fingerprint density at radius 3 is 1.97 bits per heavy atom. The summed E-state index contributed by atoms with van der Waals surface area (Å²) in [5, 5.41) is 15.3. The fourth-order valence-corrected chi connectivity index (χ4v) is 4.35. The third-order valence-electron chi connectivity index (χ3n) is 6.46. The van der Waals surface area contributed by atoms with Gasteiger partial charge in [0.25, 0.3) is 0 Å². The second-order valence-electron chi connectivity index (χ2n) is 10.5. The molecule has 0 saturated carbocycles. The zero-order valence-corrected chi connectivity index (χ0v) is 23.8. The van der Waals surface area contributed by atoms with Crippen LogP contribution in [0.1, 0.15) is 91.4 Å². The zero-order chi connectivity index (χ0) is 28.4. The molecule has 37 heavy (non-hydrogen) atoms. The lowest BCUT2D eigenvalue weighted by Crippen LogP contribution is -2.53. The van der Waals surface area contributed by atoms with Crippen LogP contribution in [0.15, 0.2) is 25.3 Å². The number of hydrogen-bond donors (Lipinski definition) is 3. The Hall–Kier alpha value is -2.64. The van der Waals surface area contributed by atoms with E-state index in [9.17, 15) is 24.3 Å². The summed E-state index contributed by atoms with van der Waals surface area (Å²) in [5.74, 6) is -2.93. The molecule has 0 fully saturated rings. The zero-order valence-electron chi connectivity index (χ0n) is 23.8. The maximum Gasteiger partial charge on any atom is 0.326 e. The third-order valence-corrected chi connectivity index (χ3v) is 6.46. The summed E-state index contributed by atoms with van der Waals surface area (Å²) in [5.41, 5.74) is 0. The van der Waals surface area contributed by atoms with Gasteiger partial charge in [-0.1, -0.05) is 65.0 Å². The van der Waals surface area contributed by atoms with Crippen molar-refractivity contribution < 1.29 is 24.3 Å². The van der Waals surface area contributed by atoms with E-state index in [2.05, 4.69) is 30.7 Å². The lowest BCUT2D eigenvalue weighted by molar-refractivity contribution is -0.143. The second kappa shape index (κ2) is 19.5. The highest BCUT2D eigenvalue weighted by Crippen LogP contribution is 2.19. The number of carboxylic acid groups (broad SMARTS) is 1. The van der Waals surface area contributed by atoms with Crippen LogP contribution in [0.3, 0.4) is 0 Å². The van der Waals surface area contributed by atoms with E-state index in [1.165, 1.54) is 11.3 Å². The number of hydrogen-bond acceptors (Lipinski definition) is 4. The number of carbonyl (C=O) groups excluding carboxylic acids is 3. The summed E-state index contributed by atoms with van der Waals surface area (Å²) in [6.07, 6.45) is 11.6. The van der Waals surface area contributed by atoms with Crippen LogP contribution in [0.5, 0.6) is 0 Å². The van der Waals surface area contributed by atoms with Crippen molar-refractivity contribution in [2.75, 3.05) is 14.1 Å². The molecule has 0 bridgehead atoms. The van der Waals surface area contributed by atoms with Crippen molar-refractivity contribution >= 4 is 23.7 Å². The van der Waals surface area contributed by atoms with Gasteiger partial charge in [-0.15, -0.1) is 13.2 Å². The molecule has 0 rings (SSSR count). The van der Waals surface area contributed by atoms with Gasteiger partial charge < -0.3 is 20.6 Å². The van der Waals surface area contributed by atoms with Gasteiger partial charge >= 0.3 is 5.97 Å². The highest BCUT2D eigenvalue weighted by molar-refractivity contribution is 5.91. The molecule has 0 aliphatic carbocycles. The van der Waals surface area contributed by atoms with Gasteiger partial charge in [0.05, 0.1) is 0 Å². The van der Waals surface area contributed by atoms with Gasteiger partial charge in [-0.25, -0.2) is 4.79 Å². The first-order valence-electron chi connectivity index (χ1n) is 13.7. The average molecular weight is 522 g/mol. The van der Waals surface area contributed by atoms with Gasteiger partial charge in [-0.3, -0.25) is 14.4 Å². The third kappa shape index (κ3) is 14.6. The quantitative estimate of drug-likeness (QED) is 0.150. The molecule has 0 heterocycles. The van der Waals surface area contributed by atoms with Crippen LogP contribution in [0.4, 0.5) is 0 Å². The number of nitrogens with one attached hydrogen (secondary N) is 2. The average Bonchev–Trinajstić information content (AvgIpc) is 2.83. The monoisotopic (exact) mass is 521 g/mol. The summed E-state index contributed by atoms with van der Waals surface area (Å²) in [4.78, 5) is 52.3. The molecule has 212 valence electrons. The molecule has 4 unspecified atom stereocenters. The van der Waals surface area contributed by atoms with E-state index >= 15 is 0 Å². The first-order valence-corrected chi connectivity index (χ1v) is 13.7. The normalized spacial score (nSPS) is 14.2. The Morgan fingerprint density at radius 2 is 1.46 bits per heavy atom. The van der Waals surface area contributed by atoms with Crippen molar-refractivity contribution in [3.63, 3.8) is 0 Å². The molecular formula is C29H51N3O5. The largest absolute Gasteiger partial charge is 0.480 e. The van der Waals surface area contributed by atoms with E-state index < -0.39 is 29.9 Å². The highest BCUT2D eigenvalue weighted by atomic mass is 16.4. The minimum atomic E-state index is -1.26. The van der Waals surface area contributed by atoms with Gasteiger partial charge in [0, 0.05) is 25.9 Å². The molecular weight excluding hydrogens is 470 g/mol. The molecule has 8 heteroatoms. The molecule has 3 N–H and O–H groups in total. The molecule has 0 aliphatic heterocycles. The Labute approximate surface area is 224 Å². The van der Waals surface area contributed by atoms with Crippen molar-refractivity contribution in [3.8, 4) is 0 Å². The fourth-order valence-electron chi connectivity index (χ4n) is 4.35. The molecule has 4 atom stereocenters. The van der Waals surface area contributed by atoms with Gasteiger partial charge in [-0.2, -0.15) is 0 Å². The Bertz CT molecular complexity index is 735. The van der Waals surface area contributed by atoms with E-state index in [0.717, 1.165) is 32.1 Å². The maximum absolute atomic E-state index is 13.2. The molecule has 0 aromatic rings. The van der Waals surface area contributed by atoms with Crippen LogP contribution in [0.2, 0.25) is 0 Å². The van der Waals surface area contributed by atoms with Crippen LogP contribution < -0.4 is 10.6 Å². The Balaban J connectivity index is 5.51. The summed E-state index contributed by atoms with van der Waals surface area (Å²) >= 11 is 0. The minimum Gasteiger partial charge on any atom is -0.480 e. The lowest BCUT2D eigenvalue weighted by Gasteiger charge is -2.27. The van der Waals surface area contributed by atoms with Crippen LogP contribution in [-0.4, -0.2) is 59.9 Å². The van der Waals surface area contributed by atoms with E-state index in [-0.39, 0.29) is 30.1 Å². The number of amides is 3. The van der Waals surface area contributed by atoms with E-state index in [1.807, 2.05) is 13.8 Å². The predicted molar refractivity (Wildman–Crippen MR) is 149 cm³/mol. The Kier molecular flexibility index (Phi) is 18.1. The van der Waals surface area contributed by atoms with Crippen molar-refractivity contribution in [2.45, 2.75) is 103 Å². The van der Waals surface area contributed by atoms with Crippen LogP contribution in [-0.2, 0) is 19.2 Å². The SMILES string of the molecule is C=CCCC(CCCCCCC)C(=O)NC(CC(C)C)C(=O)NC(CC(CC=C)C(=O)N(C)C)C(=O)O. The van der Waals surface area contributed by atoms with Gasteiger partial charge in [0.2, 0.25) is 17.7 Å². The van der Waals surface area contributed by atoms with E-state index in [0.29, 0.717) is 25.7 Å². The summed E-state index contributed by atoms with van der Waals surface area (Å²) < 4.78 is 0. The minimum absolute atomic E-state index is 0.0633. The van der Waals surface area contributed by atoms with Crippen molar-refractivity contribution in [1.82, 2.24) is 15.5 Å². The lowest BCUT2D eigenvalue weighted by atomic mass is 9.93. The first kappa shape index (κ1) is 34.4. The molecule has 8 nitrogen and oxygen atoms in total. The smallest absolute Gasteiger partial charge is 0.326 e. The first-order chi connectivity index (χ1) is 17.5. The predicted octanol–water partition coefficient (Wildman–Crippen LogP) is 4.70. The second-order valence-corrected chi connectivity index (χ2v) is 10.5. The molecule has 0 aliphatic rings. The topological polar surface area (TPSA) is 116 Å². The number of aliphatic carboxylic acids is 1. The molecule has 0 radical (unpaired) electrons. The Morgan fingerprint density at radius 1 is 0.838 bits per heavy atom. The van der Waals surface area contributed by atoms with Gasteiger partial charge in [0.15, 0.2) is 0 Å². The summed E-state index contributed by atoms with van der Waals surface area (Å²) in [6.45, 7) is 13.5. The van der Waals surface area contributed by atoms with Crippen LogP contribution >= 0.6 is 0 Å². The van der Waals surface area contributed by atoms with Gasteiger partial charge in [-0.05, 0) is 44.4 Å². The van der Waals surface area contributed by atoms with Gasteiger partial charge in [0.1, 0.15) is 12.1 Å². The van der Waals surface area contributed by atoms with Crippen molar-refractivity contribution in [1.29, 1.82) is 0 Å². The molecule has 0 saturated heterocycles. The number of unbranched alkanes of at least 4 members (excludes halogenated alkanes) is 4. The molecule has 0 spiro atoms. The summed E-state index contributed by atoms with van der Waals surface area (Å²) in [7, 11) is 3.21. The van der Waals surface area contributed by atoms with Crippen LogP contribution in [0, 0.1) is 17.8 Å². The maximum atomic E-state index is 13.2. The number of carboxylic acids is 1. The molecule has 0 aromatic heterocycles. The summed E-state index contributed by atoms with van der Waals surface area (Å²) in [6, 6.07) is -2.12. The van der Waals surface area contributed by atoms with Crippen molar-refractivity contribution in [3.05, 3.63) is 25.3 Å². The van der Waals surface area contributed by atoms with E-state index in [4.69, 9.17) is 0 Å². The van der Waals surface area contributed by atoms with Crippen molar-refractivity contribution in [2.24, 2.45) is 17.8 Å². The number of rotatable bonds is 21. The number of allylic oxidation sites excluding steroid dienone is 2. The van der Waals surface area contributed by atoms with Crippen LogP contribution in [0.25, 0.3) is 0 Å². The fraction of sp³-hybridized carbons (Fsp3) is 0.724. The molecule has 3 amide bonds. The molecule has 0 aromatic carbocycles. The standard InChI is InChI=1S/C29H51N3O5/c1-8-11-13-14-15-18-22(17-12-9-2)26(33)30-24(19-21(4)5)27(34)31-25(29(36)37)20-23(16-10-3)28(35)32(6)7/h9-10,21-25H,2-3,8,11-20H2,1,4-7H3,(H,30,33)(H,31,34)(H,36,37).